The number of carbonyl (C=O) groups is 1. The number of carbonyl (C=O) groups excluding carboxylic acids is 1. The fraction of sp³-hybridized carbons (Fsp3) is 0.286. The Morgan fingerprint density at radius 3 is 3.10 bits per heavy atom. The van der Waals surface area contributed by atoms with E-state index in [1.54, 1.807) is 18.6 Å². The average molecular weight is 272 g/mol. The van der Waals surface area contributed by atoms with Gasteiger partial charge in [-0.3, -0.25) is 10.2 Å². The Labute approximate surface area is 116 Å². The fourth-order valence-corrected chi connectivity index (χ4v) is 2.09. The molecule has 2 aromatic rings. The van der Waals surface area contributed by atoms with Gasteiger partial charge in [0.25, 0.3) is 0 Å². The highest BCUT2D eigenvalue weighted by Crippen LogP contribution is 2.10. The van der Waals surface area contributed by atoms with Crippen LogP contribution in [0.4, 0.5) is 0 Å². The van der Waals surface area contributed by atoms with Crippen molar-refractivity contribution in [1.82, 2.24) is 20.0 Å². The highest BCUT2D eigenvalue weighted by molar-refractivity contribution is 5.91. The number of hydrogen-bond donors (Lipinski definition) is 1. The minimum atomic E-state index is -0.211. The van der Waals surface area contributed by atoms with Crippen molar-refractivity contribution >= 4 is 5.91 Å². The molecule has 2 aromatic heterocycles. The van der Waals surface area contributed by atoms with Gasteiger partial charge in [-0.15, -0.1) is 0 Å². The lowest BCUT2D eigenvalue weighted by atomic mass is 10.3. The van der Waals surface area contributed by atoms with Crippen molar-refractivity contribution in [2.75, 3.05) is 13.1 Å². The van der Waals surface area contributed by atoms with E-state index >= 15 is 0 Å². The Morgan fingerprint density at radius 1 is 1.40 bits per heavy atom. The number of furan rings is 1. The Hall–Kier alpha value is -2.34. The second-order valence-corrected chi connectivity index (χ2v) is 4.65. The molecular formula is C14H16N4O2. The van der Waals surface area contributed by atoms with E-state index in [-0.39, 0.29) is 5.91 Å². The maximum atomic E-state index is 12.0. The zero-order valence-corrected chi connectivity index (χ0v) is 11.0. The van der Waals surface area contributed by atoms with Crippen molar-refractivity contribution in [2.45, 2.75) is 13.0 Å². The van der Waals surface area contributed by atoms with E-state index in [4.69, 9.17) is 4.42 Å². The summed E-state index contributed by atoms with van der Waals surface area (Å²) in [5, 5.41) is 1.88. The molecule has 0 saturated carbocycles. The van der Waals surface area contributed by atoms with Crippen molar-refractivity contribution in [3.05, 3.63) is 54.5 Å². The van der Waals surface area contributed by atoms with Crippen LogP contribution in [-0.2, 0) is 6.54 Å². The average Bonchev–Trinajstić information content (AvgIpc) is 3.12. The molecule has 0 unspecified atom stereocenters. The summed E-state index contributed by atoms with van der Waals surface area (Å²) in [5.74, 6) is 0.846. The van der Waals surface area contributed by atoms with Crippen molar-refractivity contribution in [3.8, 4) is 0 Å². The van der Waals surface area contributed by atoms with E-state index < -0.39 is 0 Å². The molecule has 0 saturated heterocycles. The summed E-state index contributed by atoms with van der Waals surface area (Å²) in [6, 6.07) is 3.51. The summed E-state index contributed by atoms with van der Waals surface area (Å²) < 4.78 is 7.44. The number of nitrogens with one attached hydrogen (secondary N) is 1. The number of imidazole rings is 1. The Bertz CT molecular complexity index is 600. The molecule has 0 aromatic carbocycles. The quantitative estimate of drug-likeness (QED) is 0.855. The first-order valence-corrected chi connectivity index (χ1v) is 6.56. The second kappa shape index (κ2) is 5.75. The molecule has 3 heterocycles. The predicted octanol–water partition coefficient (Wildman–Crippen LogP) is 1.43. The van der Waals surface area contributed by atoms with E-state index in [1.807, 2.05) is 27.9 Å². The van der Waals surface area contributed by atoms with E-state index in [2.05, 4.69) is 16.5 Å². The molecule has 104 valence electrons. The first-order chi connectivity index (χ1) is 9.81. The van der Waals surface area contributed by atoms with Crippen LogP contribution < -0.4 is 5.43 Å². The van der Waals surface area contributed by atoms with E-state index in [0.29, 0.717) is 12.3 Å². The molecule has 1 aliphatic rings. The highest BCUT2D eigenvalue weighted by Gasteiger charge is 2.15. The lowest BCUT2D eigenvalue weighted by molar-refractivity contribution is 0.0773. The van der Waals surface area contributed by atoms with Gasteiger partial charge in [0.2, 0.25) is 0 Å². The van der Waals surface area contributed by atoms with Gasteiger partial charge in [0.05, 0.1) is 12.9 Å². The summed E-state index contributed by atoms with van der Waals surface area (Å²) in [6.07, 6.45) is 10.4. The first-order valence-electron chi connectivity index (χ1n) is 6.56. The molecule has 20 heavy (non-hydrogen) atoms. The molecule has 1 amide bonds. The summed E-state index contributed by atoms with van der Waals surface area (Å²) in [6.45, 7) is 2.12. The minimum Gasteiger partial charge on any atom is -0.454 e. The van der Waals surface area contributed by atoms with Gasteiger partial charge < -0.3 is 8.98 Å². The van der Waals surface area contributed by atoms with Crippen molar-refractivity contribution in [1.29, 1.82) is 0 Å². The van der Waals surface area contributed by atoms with Gasteiger partial charge in [-0.25, -0.2) is 9.99 Å². The summed E-state index contributed by atoms with van der Waals surface area (Å²) in [7, 11) is 0. The van der Waals surface area contributed by atoms with Gasteiger partial charge in [-0.1, -0.05) is 12.2 Å². The zero-order valence-electron chi connectivity index (χ0n) is 11.0. The molecule has 6 heteroatoms. The minimum absolute atomic E-state index is 0.211. The van der Waals surface area contributed by atoms with Crippen molar-refractivity contribution in [2.24, 2.45) is 0 Å². The van der Waals surface area contributed by atoms with E-state index in [0.717, 1.165) is 25.3 Å². The third-order valence-corrected chi connectivity index (χ3v) is 3.10. The van der Waals surface area contributed by atoms with Gasteiger partial charge in [0.1, 0.15) is 5.76 Å². The van der Waals surface area contributed by atoms with Crippen molar-refractivity contribution in [3.63, 3.8) is 0 Å². The highest BCUT2D eigenvalue weighted by atomic mass is 16.4. The van der Waals surface area contributed by atoms with Crippen LogP contribution in [0.15, 0.2) is 47.4 Å². The van der Waals surface area contributed by atoms with Crippen LogP contribution in [0.3, 0.4) is 0 Å². The third-order valence-electron chi connectivity index (χ3n) is 3.10. The standard InChI is InChI=1S/C14H16N4O2/c19-14(16-18-7-2-1-3-8-18)13-5-4-12(20-13)10-17-9-6-15-11-17/h1-2,4-6,9,11H,3,7-8,10H2,(H,16,19). The van der Waals surface area contributed by atoms with Crippen molar-refractivity contribution < 1.29 is 9.21 Å². The molecule has 3 rings (SSSR count). The Balaban J connectivity index is 1.61. The van der Waals surface area contributed by atoms with Crippen LogP contribution in [0.1, 0.15) is 22.7 Å². The number of aromatic nitrogens is 2. The second-order valence-electron chi connectivity index (χ2n) is 4.65. The summed E-state index contributed by atoms with van der Waals surface area (Å²) in [4.78, 5) is 16.0. The molecule has 6 nitrogen and oxygen atoms in total. The lowest BCUT2D eigenvalue weighted by Crippen LogP contribution is -2.43. The number of hydrazine groups is 1. The number of amides is 1. The SMILES string of the molecule is O=C(NN1CC=CCC1)c1ccc(Cn2ccnc2)o1. The number of nitrogens with zero attached hydrogens (tertiary/aromatic N) is 3. The maximum absolute atomic E-state index is 12.0. The van der Waals surface area contributed by atoms with Crippen LogP contribution in [0.5, 0.6) is 0 Å². The zero-order chi connectivity index (χ0) is 13.8. The van der Waals surface area contributed by atoms with E-state index in [9.17, 15) is 4.79 Å². The maximum Gasteiger partial charge on any atom is 0.301 e. The first kappa shape index (κ1) is 12.7. The van der Waals surface area contributed by atoms with Crippen LogP contribution in [0.2, 0.25) is 0 Å². The Morgan fingerprint density at radius 2 is 2.35 bits per heavy atom. The normalized spacial score (nSPS) is 15.4. The van der Waals surface area contributed by atoms with Crippen LogP contribution in [0.25, 0.3) is 0 Å². The van der Waals surface area contributed by atoms with Gasteiger partial charge in [0, 0.05) is 25.5 Å². The van der Waals surface area contributed by atoms with E-state index in [1.165, 1.54) is 0 Å². The fourth-order valence-electron chi connectivity index (χ4n) is 2.09. The molecule has 1 N–H and O–H groups in total. The van der Waals surface area contributed by atoms with Crippen LogP contribution in [0, 0.1) is 0 Å². The summed E-state index contributed by atoms with van der Waals surface area (Å²) >= 11 is 0. The number of hydrogen-bond acceptors (Lipinski definition) is 4. The van der Waals surface area contributed by atoms with Gasteiger partial charge in [0.15, 0.2) is 5.76 Å². The summed E-state index contributed by atoms with van der Waals surface area (Å²) in [5.41, 5.74) is 2.84. The van der Waals surface area contributed by atoms with Crippen LogP contribution >= 0.6 is 0 Å². The molecule has 0 radical (unpaired) electrons. The molecule has 0 aliphatic carbocycles. The third kappa shape index (κ3) is 2.97. The van der Waals surface area contributed by atoms with Crippen LogP contribution in [-0.4, -0.2) is 33.6 Å². The molecular weight excluding hydrogens is 256 g/mol. The number of rotatable bonds is 4. The molecule has 0 atom stereocenters. The van der Waals surface area contributed by atoms with Gasteiger partial charge in [-0.2, -0.15) is 0 Å². The van der Waals surface area contributed by atoms with Gasteiger partial charge in [-0.05, 0) is 18.6 Å². The predicted molar refractivity (Wildman–Crippen MR) is 72.8 cm³/mol. The molecule has 0 spiro atoms. The topological polar surface area (TPSA) is 63.3 Å². The Kier molecular flexibility index (Phi) is 3.64. The molecule has 1 aliphatic heterocycles. The van der Waals surface area contributed by atoms with Gasteiger partial charge >= 0.3 is 5.91 Å². The smallest absolute Gasteiger partial charge is 0.301 e. The molecule has 0 fully saturated rings. The lowest BCUT2D eigenvalue weighted by Gasteiger charge is -2.22. The molecule has 0 bridgehead atoms. The largest absolute Gasteiger partial charge is 0.454 e. The monoisotopic (exact) mass is 272 g/mol.